The van der Waals surface area contributed by atoms with Crippen LogP contribution in [-0.4, -0.2) is 37.6 Å². The average molecular weight is 521 g/mol. The van der Waals surface area contributed by atoms with Crippen molar-refractivity contribution in [2.24, 2.45) is 0 Å². The standard InChI is InChI=1S/C20H23ClN2O3S.C2HF3O2/c1-3-14(2)22-19(24)20(12-13-20)15-4-8-17(9-5-15)23-27(25,26)18-10-6-16(21)7-11-18;3-2(4,5)1(6)7/h4-11,14,23H,3,12-13H2,1-2H3,(H,22,24);(H,6,7). The van der Waals surface area contributed by atoms with Crippen LogP contribution < -0.4 is 10.0 Å². The number of hydrogen-bond acceptors (Lipinski definition) is 4. The van der Waals surface area contributed by atoms with E-state index in [9.17, 15) is 26.4 Å². The molecule has 0 saturated heterocycles. The molecule has 1 amide bonds. The molecule has 2 aromatic rings. The van der Waals surface area contributed by atoms with E-state index in [0.717, 1.165) is 24.8 Å². The van der Waals surface area contributed by atoms with Crippen molar-refractivity contribution in [3.8, 4) is 0 Å². The Kier molecular flexibility index (Phi) is 8.59. The van der Waals surface area contributed by atoms with Crippen LogP contribution in [0.25, 0.3) is 0 Å². The average Bonchev–Trinajstić information content (AvgIpc) is 3.56. The first kappa shape index (κ1) is 27.5. The van der Waals surface area contributed by atoms with Crippen molar-refractivity contribution < 1.29 is 36.3 Å². The Bertz CT molecular complexity index is 1120. The number of carbonyl (C=O) groups excluding carboxylic acids is 1. The largest absolute Gasteiger partial charge is 0.490 e. The number of carboxylic acid groups (broad SMARTS) is 1. The highest BCUT2D eigenvalue weighted by molar-refractivity contribution is 7.92. The molecule has 3 N–H and O–H groups in total. The van der Waals surface area contributed by atoms with E-state index in [1.165, 1.54) is 24.3 Å². The van der Waals surface area contributed by atoms with E-state index in [2.05, 4.69) is 10.0 Å². The minimum atomic E-state index is -5.08. The van der Waals surface area contributed by atoms with Crippen LogP contribution in [0.1, 0.15) is 38.7 Å². The summed E-state index contributed by atoms with van der Waals surface area (Å²) in [5.41, 5.74) is 0.890. The summed E-state index contributed by atoms with van der Waals surface area (Å²) in [6, 6.07) is 13.2. The second-order valence-electron chi connectivity index (χ2n) is 7.80. The molecule has 1 fully saturated rings. The molecule has 12 heteroatoms. The van der Waals surface area contributed by atoms with Crippen molar-refractivity contribution >= 4 is 39.2 Å². The van der Waals surface area contributed by atoms with Crippen LogP contribution in [0.4, 0.5) is 18.9 Å². The van der Waals surface area contributed by atoms with Crippen molar-refractivity contribution in [2.75, 3.05) is 4.72 Å². The Morgan fingerprint density at radius 3 is 2.00 bits per heavy atom. The van der Waals surface area contributed by atoms with Crippen LogP contribution in [0.2, 0.25) is 5.02 Å². The third kappa shape index (κ3) is 7.10. The van der Waals surface area contributed by atoms with Crippen LogP contribution in [0, 0.1) is 0 Å². The monoisotopic (exact) mass is 520 g/mol. The quantitative estimate of drug-likeness (QED) is 0.489. The molecule has 7 nitrogen and oxygen atoms in total. The molecule has 1 atom stereocenters. The molecule has 0 radical (unpaired) electrons. The van der Waals surface area contributed by atoms with Gasteiger partial charge in [-0.15, -0.1) is 0 Å². The molecule has 186 valence electrons. The maximum Gasteiger partial charge on any atom is 0.490 e. The lowest BCUT2D eigenvalue weighted by Crippen LogP contribution is -2.39. The van der Waals surface area contributed by atoms with Crippen LogP contribution in [0.3, 0.4) is 0 Å². The number of alkyl halides is 3. The maximum absolute atomic E-state index is 12.6. The normalized spacial score (nSPS) is 15.4. The minimum Gasteiger partial charge on any atom is -0.475 e. The Morgan fingerprint density at radius 1 is 1.09 bits per heavy atom. The SMILES string of the molecule is CCC(C)NC(=O)C1(c2ccc(NS(=O)(=O)c3ccc(Cl)cc3)cc2)CC1.O=C(O)C(F)(F)F. The Morgan fingerprint density at radius 2 is 1.59 bits per heavy atom. The van der Waals surface area contributed by atoms with Gasteiger partial charge >= 0.3 is 12.1 Å². The second kappa shape index (κ2) is 10.6. The fourth-order valence-corrected chi connectivity index (χ4v) is 4.11. The predicted molar refractivity (Wildman–Crippen MR) is 121 cm³/mol. The number of nitrogens with one attached hydrogen (secondary N) is 2. The molecule has 0 spiro atoms. The highest BCUT2D eigenvalue weighted by Gasteiger charge is 2.51. The van der Waals surface area contributed by atoms with Gasteiger partial charge in [-0.2, -0.15) is 13.2 Å². The maximum atomic E-state index is 12.6. The second-order valence-corrected chi connectivity index (χ2v) is 9.92. The summed E-state index contributed by atoms with van der Waals surface area (Å²) < 4.78 is 59.2. The highest BCUT2D eigenvalue weighted by Crippen LogP contribution is 2.48. The van der Waals surface area contributed by atoms with E-state index >= 15 is 0 Å². The topological polar surface area (TPSA) is 113 Å². The van der Waals surface area contributed by atoms with Crippen molar-refractivity contribution in [3.63, 3.8) is 0 Å². The first-order chi connectivity index (χ1) is 15.7. The van der Waals surface area contributed by atoms with Crippen LogP contribution in [0.15, 0.2) is 53.4 Å². The zero-order valence-corrected chi connectivity index (χ0v) is 19.9. The molecule has 34 heavy (non-hydrogen) atoms. The summed E-state index contributed by atoms with van der Waals surface area (Å²) >= 11 is 5.81. The number of rotatable bonds is 7. The molecular formula is C22H24ClF3N2O5S. The van der Waals surface area contributed by atoms with E-state index in [0.29, 0.717) is 10.7 Å². The Balaban J connectivity index is 0.000000509. The van der Waals surface area contributed by atoms with Crippen molar-refractivity contribution in [1.82, 2.24) is 5.32 Å². The summed E-state index contributed by atoms with van der Waals surface area (Å²) in [6.07, 6.45) is -2.58. The van der Waals surface area contributed by atoms with Crippen LogP contribution in [0.5, 0.6) is 0 Å². The predicted octanol–water partition coefficient (Wildman–Crippen LogP) is 4.72. The number of aliphatic carboxylic acids is 1. The summed E-state index contributed by atoms with van der Waals surface area (Å²) in [7, 11) is -3.69. The van der Waals surface area contributed by atoms with Crippen molar-refractivity contribution in [1.29, 1.82) is 0 Å². The van der Waals surface area contributed by atoms with E-state index in [4.69, 9.17) is 21.5 Å². The van der Waals surface area contributed by atoms with E-state index in [1.807, 2.05) is 26.0 Å². The number of halogens is 4. The molecule has 0 aliphatic heterocycles. The molecule has 2 aromatic carbocycles. The number of anilines is 1. The fourth-order valence-electron chi connectivity index (χ4n) is 2.92. The van der Waals surface area contributed by atoms with Gasteiger partial charge in [-0.3, -0.25) is 9.52 Å². The van der Waals surface area contributed by atoms with Crippen molar-refractivity contribution in [3.05, 3.63) is 59.1 Å². The number of hydrogen-bond donors (Lipinski definition) is 3. The van der Waals surface area contributed by atoms with Crippen LogP contribution in [-0.2, 0) is 25.0 Å². The molecule has 0 bridgehead atoms. The fraction of sp³-hybridized carbons (Fsp3) is 0.364. The molecular weight excluding hydrogens is 497 g/mol. The lowest BCUT2D eigenvalue weighted by atomic mass is 9.94. The third-order valence-electron chi connectivity index (χ3n) is 5.23. The zero-order chi connectivity index (χ0) is 25.7. The summed E-state index contributed by atoms with van der Waals surface area (Å²) in [5.74, 6) is -2.71. The van der Waals surface area contributed by atoms with Gasteiger partial charge in [0.15, 0.2) is 0 Å². The summed E-state index contributed by atoms with van der Waals surface area (Å²) in [6.45, 7) is 4.02. The molecule has 1 unspecified atom stereocenters. The van der Waals surface area contributed by atoms with Gasteiger partial charge in [-0.05, 0) is 68.1 Å². The number of carboxylic acids is 1. The molecule has 1 aliphatic rings. The third-order valence-corrected chi connectivity index (χ3v) is 6.88. The lowest BCUT2D eigenvalue weighted by Gasteiger charge is -2.19. The number of sulfonamides is 1. The Labute approximate surface area is 200 Å². The van der Waals surface area contributed by atoms with Gasteiger partial charge in [-0.25, -0.2) is 13.2 Å². The first-order valence-electron chi connectivity index (χ1n) is 10.2. The molecule has 3 rings (SSSR count). The Hall–Kier alpha value is -2.79. The molecule has 1 saturated carbocycles. The minimum absolute atomic E-state index is 0.0475. The molecule has 0 aromatic heterocycles. The van der Waals surface area contributed by atoms with Gasteiger partial charge in [0.25, 0.3) is 10.0 Å². The molecule has 1 aliphatic carbocycles. The number of carbonyl (C=O) groups is 2. The van der Waals surface area contributed by atoms with E-state index in [1.54, 1.807) is 12.1 Å². The zero-order valence-electron chi connectivity index (χ0n) is 18.3. The molecule has 0 heterocycles. The van der Waals surface area contributed by atoms with Crippen LogP contribution >= 0.6 is 11.6 Å². The number of benzene rings is 2. The van der Waals surface area contributed by atoms with Gasteiger partial charge in [0.2, 0.25) is 5.91 Å². The lowest BCUT2D eigenvalue weighted by molar-refractivity contribution is -0.192. The van der Waals surface area contributed by atoms with E-state index < -0.39 is 27.6 Å². The van der Waals surface area contributed by atoms with Gasteiger partial charge < -0.3 is 10.4 Å². The van der Waals surface area contributed by atoms with Gasteiger partial charge in [0, 0.05) is 16.8 Å². The van der Waals surface area contributed by atoms with Gasteiger partial charge in [0.1, 0.15) is 0 Å². The first-order valence-corrected chi connectivity index (χ1v) is 12.1. The summed E-state index contributed by atoms with van der Waals surface area (Å²) in [5, 5.41) is 10.6. The van der Waals surface area contributed by atoms with Gasteiger partial charge in [-0.1, -0.05) is 30.7 Å². The van der Waals surface area contributed by atoms with E-state index in [-0.39, 0.29) is 16.8 Å². The van der Waals surface area contributed by atoms with Gasteiger partial charge in [0.05, 0.1) is 10.3 Å². The summed E-state index contributed by atoms with van der Waals surface area (Å²) in [4.78, 5) is 21.6. The number of amides is 1. The highest BCUT2D eigenvalue weighted by atomic mass is 35.5. The van der Waals surface area contributed by atoms with Crippen molar-refractivity contribution in [2.45, 2.75) is 55.6 Å². The smallest absolute Gasteiger partial charge is 0.475 e.